The molecule has 0 aliphatic carbocycles. The molecule has 0 bridgehead atoms. The zero-order valence-corrected chi connectivity index (χ0v) is 15.4. The first kappa shape index (κ1) is 19.4. The number of nitrogens with zero attached hydrogens (tertiary/aromatic N) is 4. The van der Waals surface area contributed by atoms with Crippen LogP contribution in [0.25, 0.3) is 0 Å². The van der Waals surface area contributed by atoms with Crippen LogP contribution in [0.3, 0.4) is 0 Å². The molecule has 5 nitrogen and oxygen atoms in total. The molecule has 2 aromatic rings. The quantitative estimate of drug-likeness (QED) is 0.793. The molecule has 1 fully saturated rings. The van der Waals surface area contributed by atoms with Gasteiger partial charge in [-0.1, -0.05) is 18.2 Å². The van der Waals surface area contributed by atoms with Crippen LogP contribution in [-0.4, -0.2) is 48.2 Å². The predicted octanol–water partition coefficient (Wildman–Crippen LogP) is 3.60. The average Bonchev–Trinajstić information content (AvgIpc) is 2.67. The van der Waals surface area contributed by atoms with E-state index in [9.17, 15) is 13.2 Å². The molecule has 1 saturated heterocycles. The van der Waals surface area contributed by atoms with Crippen molar-refractivity contribution in [2.75, 3.05) is 32.1 Å². The van der Waals surface area contributed by atoms with Gasteiger partial charge in [-0.05, 0) is 31.0 Å². The minimum absolute atomic E-state index is 0.163. The molecule has 3 rings (SSSR count). The molecule has 0 saturated carbocycles. The molecule has 146 valence electrons. The smallest absolute Gasteiger partial charge is 0.416 e. The number of hydrogen-bond donors (Lipinski definition) is 0. The highest BCUT2D eigenvalue weighted by Crippen LogP contribution is 2.33. The van der Waals surface area contributed by atoms with E-state index in [1.807, 2.05) is 11.9 Å². The fraction of sp³-hybridized carbons (Fsp3) is 0.474. The van der Waals surface area contributed by atoms with Gasteiger partial charge in [-0.25, -0.2) is 9.97 Å². The summed E-state index contributed by atoms with van der Waals surface area (Å²) in [6.45, 7) is 1.74. The summed E-state index contributed by atoms with van der Waals surface area (Å²) >= 11 is 0. The van der Waals surface area contributed by atoms with Crippen molar-refractivity contribution in [3.63, 3.8) is 0 Å². The SMILES string of the molecule is COc1cc(N(C)C2CCCN(Cc3ccccc3C(F)(F)F)C2)ncn1. The van der Waals surface area contributed by atoms with Gasteiger partial charge in [0, 0.05) is 32.2 Å². The van der Waals surface area contributed by atoms with Crippen molar-refractivity contribution in [3.8, 4) is 5.88 Å². The maximum Gasteiger partial charge on any atom is 0.416 e. The van der Waals surface area contributed by atoms with E-state index < -0.39 is 11.7 Å². The molecule has 8 heteroatoms. The van der Waals surface area contributed by atoms with Gasteiger partial charge in [0.25, 0.3) is 0 Å². The number of piperidine rings is 1. The van der Waals surface area contributed by atoms with Crippen LogP contribution in [0.2, 0.25) is 0 Å². The van der Waals surface area contributed by atoms with E-state index in [0.29, 0.717) is 18.0 Å². The van der Waals surface area contributed by atoms with Crippen LogP contribution in [0, 0.1) is 0 Å². The number of halogens is 3. The van der Waals surface area contributed by atoms with Gasteiger partial charge in [0.05, 0.1) is 12.7 Å². The van der Waals surface area contributed by atoms with Gasteiger partial charge in [0.15, 0.2) is 0 Å². The number of hydrogen-bond acceptors (Lipinski definition) is 5. The monoisotopic (exact) mass is 380 g/mol. The second-order valence-electron chi connectivity index (χ2n) is 6.72. The highest BCUT2D eigenvalue weighted by atomic mass is 19.4. The Hall–Kier alpha value is -2.35. The first-order chi connectivity index (χ1) is 12.9. The molecule has 1 aliphatic rings. The number of benzene rings is 1. The van der Waals surface area contributed by atoms with Gasteiger partial charge in [-0.2, -0.15) is 13.2 Å². The first-order valence-corrected chi connectivity index (χ1v) is 8.85. The molecule has 2 heterocycles. The third kappa shape index (κ3) is 4.68. The zero-order valence-electron chi connectivity index (χ0n) is 15.4. The van der Waals surface area contributed by atoms with E-state index in [4.69, 9.17) is 4.74 Å². The van der Waals surface area contributed by atoms with Gasteiger partial charge >= 0.3 is 6.18 Å². The van der Waals surface area contributed by atoms with Gasteiger partial charge in [0.2, 0.25) is 5.88 Å². The summed E-state index contributed by atoms with van der Waals surface area (Å²) in [5.74, 6) is 1.23. The molecular weight excluding hydrogens is 357 g/mol. The maximum absolute atomic E-state index is 13.2. The Balaban J connectivity index is 1.71. The Morgan fingerprint density at radius 2 is 2.04 bits per heavy atom. The van der Waals surface area contributed by atoms with Crippen molar-refractivity contribution in [3.05, 3.63) is 47.8 Å². The number of rotatable bonds is 5. The molecule has 0 amide bonds. The summed E-state index contributed by atoms with van der Waals surface area (Å²) < 4.78 is 44.9. The summed E-state index contributed by atoms with van der Waals surface area (Å²) in [5.41, 5.74) is -0.238. The van der Waals surface area contributed by atoms with Gasteiger partial charge in [-0.3, -0.25) is 4.90 Å². The molecule has 27 heavy (non-hydrogen) atoms. The van der Waals surface area contributed by atoms with Gasteiger partial charge in [0.1, 0.15) is 12.1 Å². The summed E-state index contributed by atoms with van der Waals surface area (Å²) in [6, 6.07) is 7.73. The van der Waals surface area contributed by atoms with Crippen LogP contribution in [0.15, 0.2) is 36.7 Å². The molecule has 0 radical (unpaired) electrons. The van der Waals surface area contributed by atoms with E-state index in [1.165, 1.54) is 12.4 Å². The Bertz CT molecular complexity index is 769. The maximum atomic E-state index is 13.2. The minimum Gasteiger partial charge on any atom is -0.481 e. The number of aromatic nitrogens is 2. The molecule has 1 aromatic heterocycles. The minimum atomic E-state index is -4.33. The summed E-state index contributed by atoms with van der Waals surface area (Å²) in [5, 5.41) is 0. The second-order valence-corrected chi connectivity index (χ2v) is 6.72. The standard InChI is InChI=1S/C19H23F3N4O/c1-25(17-10-18(27-2)24-13-23-17)15-7-5-9-26(12-15)11-14-6-3-4-8-16(14)19(20,21)22/h3-4,6,8,10,13,15H,5,7,9,11-12H2,1-2H3. The highest BCUT2D eigenvalue weighted by Gasteiger charge is 2.34. The summed E-state index contributed by atoms with van der Waals surface area (Å²) in [7, 11) is 3.49. The van der Waals surface area contributed by atoms with Gasteiger partial charge < -0.3 is 9.64 Å². The van der Waals surface area contributed by atoms with Crippen LogP contribution >= 0.6 is 0 Å². The lowest BCUT2D eigenvalue weighted by atomic mass is 10.0. The lowest BCUT2D eigenvalue weighted by Crippen LogP contribution is -2.46. The van der Waals surface area contributed by atoms with Crippen LogP contribution < -0.4 is 9.64 Å². The highest BCUT2D eigenvalue weighted by molar-refractivity contribution is 5.41. The normalized spacial score (nSPS) is 18.3. The Kier molecular flexibility index (Phi) is 5.84. The van der Waals surface area contributed by atoms with E-state index in [1.54, 1.807) is 25.3 Å². The lowest BCUT2D eigenvalue weighted by molar-refractivity contribution is -0.138. The van der Waals surface area contributed by atoms with Crippen molar-refractivity contribution >= 4 is 5.82 Å². The van der Waals surface area contributed by atoms with E-state index in [2.05, 4.69) is 14.9 Å². The fourth-order valence-corrected chi connectivity index (χ4v) is 3.49. The van der Waals surface area contributed by atoms with Crippen LogP contribution in [0.4, 0.5) is 19.0 Å². The molecule has 1 aliphatic heterocycles. The van der Waals surface area contributed by atoms with Crippen LogP contribution in [-0.2, 0) is 12.7 Å². The van der Waals surface area contributed by atoms with E-state index in [0.717, 1.165) is 31.3 Å². The van der Waals surface area contributed by atoms with Crippen LogP contribution in [0.5, 0.6) is 5.88 Å². The fourth-order valence-electron chi connectivity index (χ4n) is 3.49. The Morgan fingerprint density at radius 3 is 2.78 bits per heavy atom. The molecule has 1 atom stereocenters. The first-order valence-electron chi connectivity index (χ1n) is 8.85. The average molecular weight is 380 g/mol. The molecular formula is C19H23F3N4O. The predicted molar refractivity (Wildman–Crippen MR) is 96.7 cm³/mol. The number of anilines is 1. The van der Waals surface area contributed by atoms with E-state index in [-0.39, 0.29) is 12.6 Å². The van der Waals surface area contributed by atoms with Gasteiger partial charge in [-0.15, -0.1) is 0 Å². The Morgan fingerprint density at radius 1 is 1.26 bits per heavy atom. The molecule has 1 aromatic carbocycles. The number of likely N-dealkylation sites (tertiary alicyclic amines) is 1. The molecule has 0 spiro atoms. The van der Waals surface area contributed by atoms with Crippen molar-refractivity contribution in [2.45, 2.75) is 31.6 Å². The topological polar surface area (TPSA) is 41.5 Å². The third-order valence-electron chi connectivity index (χ3n) is 4.94. The van der Waals surface area contributed by atoms with Crippen molar-refractivity contribution < 1.29 is 17.9 Å². The number of likely N-dealkylation sites (N-methyl/N-ethyl adjacent to an activating group) is 1. The molecule has 1 unspecified atom stereocenters. The van der Waals surface area contributed by atoms with E-state index >= 15 is 0 Å². The van der Waals surface area contributed by atoms with Crippen molar-refractivity contribution in [1.82, 2.24) is 14.9 Å². The largest absolute Gasteiger partial charge is 0.481 e. The zero-order chi connectivity index (χ0) is 19.4. The van der Waals surface area contributed by atoms with Crippen molar-refractivity contribution in [2.24, 2.45) is 0 Å². The molecule has 0 N–H and O–H groups in total. The number of methoxy groups -OCH3 is 1. The summed E-state index contributed by atoms with van der Waals surface area (Å²) in [4.78, 5) is 12.4. The number of ether oxygens (including phenoxy) is 1. The lowest BCUT2D eigenvalue weighted by Gasteiger charge is -2.38. The van der Waals surface area contributed by atoms with Crippen molar-refractivity contribution in [1.29, 1.82) is 0 Å². The third-order valence-corrected chi connectivity index (χ3v) is 4.94. The summed E-state index contributed by atoms with van der Waals surface area (Å²) in [6.07, 6.45) is -1.00. The Labute approximate surface area is 156 Å². The van der Waals surface area contributed by atoms with Crippen LogP contribution in [0.1, 0.15) is 24.0 Å². The second kappa shape index (κ2) is 8.12. The number of alkyl halides is 3.